The molecule has 0 saturated carbocycles. The van der Waals surface area contributed by atoms with Gasteiger partial charge in [0.1, 0.15) is 11.3 Å². The van der Waals surface area contributed by atoms with Crippen LogP contribution >= 0.6 is 0 Å². The van der Waals surface area contributed by atoms with Gasteiger partial charge in [-0.15, -0.1) is 0 Å². The van der Waals surface area contributed by atoms with Crippen molar-refractivity contribution in [1.82, 2.24) is 0 Å². The molecule has 0 bridgehead atoms. The number of anilines is 3. The molecule has 12 aromatic rings. The Morgan fingerprint density at radius 3 is 1.42 bits per heavy atom. The molecule has 65 heavy (non-hydrogen) atoms. The van der Waals surface area contributed by atoms with E-state index in [0.717, 1.165) is 44.9 Å². The molecule has 0 atom stereocenters. The number of aryl methyl sites for hydroxylation is 1. The third-order valence-electron chi connectivity index (χ3n) is 13.1. The zero-order valence-corrected chi connectivity index (χ0v) is 35.9. The Morgan fingerprint density at radius 2 is 0.754 bits per heavy atom. The summed E-state index contributed by atoms with van der Waals surface area (Å²) in [6.45, 7) is 2.14. The lowest BCUT2D eigenvalue weighted by atomic mass is 9.96. The first kappa shape index (κ1) is 38.2. The number of para-hydroxylation sites is 1. The van der Waals surface area contributed by atoms with Crippen LogP contribution in [0.5, 0.6) is 0 Å². The standard InChI is InChI=1S/C63H43NO/c1-42-57-15-6-7-19-62(57)65-63(42)53-14-8-13-51(40-53)47-22-20-43(21-23-47)45-30-34-54(35-31-45)64(56-38-39-61-52(41-56)29-28-49-11-3-5-17-59(49)61)55-36-32-46(33-37-55)44-24-26-50(27-25-44)60-18-9-12-48-10-2-4-16-58(48)60/h2-41H,1H3. The minimum absolute atomic E-state index is 0.919. The number of benzene rings is 11. The van der Waals surface area contributed by atoms with E-state index in [1.54, 1.807) is 0 Å². The first-order valence-electron chi connectivity index (χ1n) is 22.3. The van der Waals surface area contributed by atoms with Gasteiger partial charge in [-0.2, -0.15) is 0 Å². The quantitative estimate of drug-likeness (QED) is 0.142. The van der Waals surface area contributed by atoms with Crippen molar-refractivity contribution >= 4 is 60.3 Å². The second-order valence-corrected chi connectivity index (χ2v) is 16.9. The molecule has 11 aromatic carbocycles. The first-order chi connectivity index (χ1) is 32.1. The Labute approximate surface area is 378 Å². The van der Waals surface area contributed by atoms with Gasteiger partial charge < -0.3 is 9.32 Å². The Bertz CT molecular complexity index is 3690. The molecule has 0 aliphatic rings. The van der Waals surface area contributed by atoms with E-state index in [0.29, 0.717) is 0 Å². The molecule has 0 spiro atoms. The molecule has 0 aliphatic heterocycles. The number of fused-ring (bicyclic) bond motifs is 5. The van der Waals surface area contributed by atoms with Crippen molar-refractivity contribution in [2.24, 2.45) is 0 Å². The van der Waals surface area contributed by atoms with E-state index >= 15 is 0 Å². The van der Waals surface area contributed by atoms with Gasteiger partial charge in [-0.3, -0.25) is 0 Å². The molecule has 1 heterocycles. The molecule has 0 radical (unpaired) electrons. The summed E-state index contributed by atoms with van der Waals surface area (Å²) in [6, 6.07) is 87.8. The van der Waals surface area contributed by atoms with Crippen molar-refractivity contribution in [2.45, 2.75) is 6.92 Å². The van der Waals surface area contributed by atoms with Crippen molar-refractivity contribution in [2.75, 3.05) is 4.90 Å². The minimum Gasteiger partial charge on any atom is -0.456 e. The average molecular weight is 830 g/mol. The van der Waals surface area contributed by atoms with Crippen molar-refractivity contribution in [3.8, 4) is 55.8 Å². The molecule has 1 aromatic heterocycles. The molecule has 0 aliphatic carbocycles. The van der Waals surface area contributed by atoms with Gasteiger partial charge in [0.2, 0.25) is 0 Å². The highest BCUT2D eigenvalue weighted by atomic mass is 16.3. The number of hydrogen-bond donors (Lipinski definition) is 0. The van der Waals surface area contributed by atoms with Gasteiger partial charge in [0.15, 0.2) is 0 Å². The molecule has 0 saturated heterocycles. The summed E-state index contributed by atoms with van der Waals surface area (Å²) in [5.41, 5.74) is 16.0. The maximum atomic E-state index is 6.32. The zero-order valence-electron chi connectivity index (χ0n) is 35.9. The fraction of sp³-hybridized carbons (Fsp3) is 0.0159. The van der Waals surface area contributed by atoms with Gasteiger partial charge in [-0.25, -0.2) is 0 Å². The summed E-state index contributed by atoms with van der Waals surface area (Å²) in [6.07, 6.45) is 0. The Kier molecular flexibility index (Phi) is 9.43. The molecule has 2 nitrogen and oxygen atoms in total. The molecule has 0 unspecified atom stereocenters. The molecule has 12 rings (SSSR count). The highest BCUT2D eigenvalue weighted by molar-refractivity contribution is 6.08. The SMILES string of the molecule is Cc1c(-c2cccc(-c3ccc(-c4ccc(N(c5ccc(-c6ccc(-c7cccc8ccccc78)cc6)cc5)c5ccc6c(ccc7ccccc76)c5)cc4)cc3)c2)oc2ccccc12. The minimum atomic E-state index is 0.919. The summed E-state index contributed by atoms with van der Waals surface area (Å²) in [5, 5.41) is 8.67. The Balaban J connectivity index is 0.855. The summed E-state index contributed by atoms with van der Waals surface area (Å²) in [5.74, 6) is 0.926. The van der Waals surface area contributed by atoms with Crippen molar-refractivity contribution < 1.29 is 4.42 Å². The van der Waals surface area contributed by atoms with Crippen LogP contribution in [0.4, 0.5) is 17.1 Å². The van der Waals surface area contributed by atoms with Gasteiger partial charge in [0.05, 0.1) is 0 Å². The van der Waals surface area contributed by atoms with E-state index < -0.39 is 0 Å². The fourth-order valence-corrected chi connectivity index (χ4v) is 9.66. The van der Waals surface area contributed by atoms with Gasteiger partial charge in [0, 0.05) is 33.6 Å². The maximum Gasteiger partial charge on any atom is 0.138 e. The number of hydrogen-bond acceptors (Lipinski definition) is 2. The van der Waals surface area contributed by atoms with Crippen LogP contribution in [0.3, 0.4) is 0 Å². The second kappa shape index (κ2) is 16.0. The molecule has 2 heteroatoms. The van der Waals surface area contributed by atoms with Crippen LogP contribution in [0.1, 0.15) is 5.56 Å². The predicted octanol–water partition coefficient (Wildman–Crippen LogP) is 18.0. The Morgan fingerprint density at radius 1 is 0.292 bits per heavy atom. The van der Waals surface area contributed by atoms with Gasteiger partial charge >= 0.3 is 0 Å². The number of furan rings is 1. The van der Waals surface area contributed by atoms with Gasteiger partial charge in [-0.05, 0) is 132 Å². The molecule has 0 N–H and O–H groups in total. The van der Waals surface area contributed by atoms with E-state index in [9.17, 15) is 0 Å². The van der Waals surface area contributed by atoms with Crippen LogP contribution in [0.15, 0.2) is 247 Å². The first-order valence-corrected chi connectivity index (χ1v) is 22.3. The maximum absolute atomic E-state index is 6.32. The molecule has 0 amide bonds. The fourth-order valence-electron chi connectivity index (χ4n) is 9.66. The van der Waals surface area contributed by atoms with E-state index in [-0.39, 0.29) is 0 Å². The van der Waals surface area contributed by atoms with E-state index in [1.165, 1.54) is 76.8 Å². The summed E-state index contributed by atoms with van der Waals surface area (Å²) in [7, 11) is 0. The van der Waals surface area contributed by atoms with E-state index in [1.807, 2.05) is 12.1 Å². The van der Waals surface area contributed by atoms with Gasteiger partial charge in [0.25, 0.3) is 0 Å². The second-order valence-electron chi connectivity index (χ2n) is 16.9. The van der Waals surface area contributed by atoms with Crippen LogP contribution in [0.2, 0.25) is 0 Å². The van der Waals surface area contributed by atoms with Crippen molar-refractivity contribution in [1.29, 1.82) is 0 Å². The Hall–Kier alpha value is -8.46. The van der Waals surface area contributed by atoms with Crippen LogP contribution in [-0.2, 0) is 0 Å². The molecule has 0 fully saturated rings. The lowest BCUT2D eigenvalue weighted by Crippen LogP contribution is -2.09. The van der Waals surface area contributed by atoms with Crippen LogP contribution in [0.25, 0.3) is 99.1 Å². The normalized spacial score (nSPS) is 11.5. The predicted molar refractivity (Wildman–Crippen MR) is 275 cm³/mol. The lowest BCUT2D eigenvalue weighted by molar-refractivity contribution is 0.629. The van der Waals surface area contributed by atoms with Crippen LogP contribution < -0.4 is 4.90 Å². The van der Waals surface area contributed by atoms with E-state index in [2.05, 4.69) is 242 Å². The van der Waals surface area contributed by atoms with E-state index in [4.69, 9.17) is 4.42 Å². The zero-order chi connectivity index (χ0) is 43.3. The molecular weight excluding hydrogens is 787 g/mol. The third-order valence-corrected chi connectivity index (χ3v) is 13.1. The number of rotatable bonds is 8. The topological polar surface area (TPSA) is 16.4 Å². The van der Waals surface area contributed by atoms with Gasteiger partial charge in [-0.1, -0.05) is 194 Å². The smallest absolute Gasteiger partial charge is 0.138 e. The average Bonchev–Trinajstić information content (AvgIpc) is 3.72. The highest BCUT2D eigenvalue weighted by Gasteiger charge is 2.16. The summed E-state index contributed by atoms with van der Waals surface area (Å²) < 4.78 is 6.32. The molecule has 306 valence electrons. The van der Waals surface area contributed by atoms with Crippen molar-refractivity contribution in [3.05, 3.63) is 248 Å². The number of nitrogens with zero attached hydrogens (tertiary/aromatic N) is 1. The monoisotopic (exact) mass is 829 g/mol. The lowest BCUT2D eigenvalue weighted by Gasteiger charge is -2.26. The van der Waals surface area contributed by atoms with Crippen LogP contribution in [0, 0.1) is 6.92 Å². The summed E-state index contributed by atoms with van der Waals surface area (Å²) >= 11 is 0. The third kappa shape index (κ3) is 7.03. The molecular formula is C63H43NO. The summed E-state index contributed by atoms with van der Waals surface area (Å²) in [4.78, 5) is 2.37. The largest absolute Gasteiger partial charge is 0.456 e. The highest BCUT2D eigenvalue weighted by Crippen LogP contribution is 2.40. The van der Waals surface area contributed by atoms with Crippen molar-refractivity contribution in [3.63, 3.8) is 0 Å². The van der Waals surface area contributed by atoms with Crippen LogP contribution in [-0.4, -0.2) is 0 Å².